The van der Waals surface area contributed by atoms with Gasteiger partial charge in [0.2, 0.25) is 5.91 Å². The topological polar surface area (TPSA) is 112 Å². The van der Waals surface area contributed by atoms with Gasteiger partial charge < -0.3 is 20.5 Å². The average Bonchev–Trinajstić information content (AvgIpc) is 3.55. The first-order valence-corrected chi connectivity index (χ1v) is 12.0. The number of nitrogens with one attached hydrogen (secondary N) is 3. The predicted molar refractivity (Wildman–Crippen MR) is 136 cm³/mol. The van der Waals surface area contributed by atoms with Crippen LogP contribution in [0, 0.1) is 0 Å². The number of aromatic amines is 1. The SMILES string of the molecule is CCCC(NC(=O)c1cnn2c1[nH]c(=O)c1ccccc12)C(=O)Nc1cccc(N2CCCC2)c1. The highest BCUT2D eigenvalue weighted by Gasteiger charge is 2.24. The number of H-pyrrole nitrogens is 1. The van der Waals surface area contributed by atoms with Crippen molar-refractivity contribution in [2.45, 2.75) is 38.6 Å². The Morgan fingerprint density at radius 3 is 2.71 bits per heavy atom. The van der Waals surface area contributed by atoms with Gasteiger partial charge in [-0.15, -0.1) is 0 Å². The van der Waals surface area contributed by atoms with Crippen LogP contribution >= 0.6 is 0 Å². The highest BCUT2D eigenvalue weighted by Crippen LogP contribution is 2.23. The predicted octanol–water partition coefficient (Wildman–Crippen LogP) is 3.31. The normalized spacial score (nSPS) is 14.4. The minimum atomic E-state index is -0.731. The van der Waals surface area contributed by atoms with Crippen molar-refractivity contribution < 1.29 is 9.59 Å². The molecule has 2 aromatic carbocycles. The average molecular weight is 473 g/mol. The van der Waals surface area contributed by atoms with Gasteiger partial charge in [0.1, 0.15) is 17.3 Å². The molecule has 2 aromatic heterocycles. The fraction of sp³-hybridized carbons (Fsp3) is 0.308. The molecule has 35 heavy (non-hydrogen) atoms. The van der Waals surface area contributed by atoms with Crippen LogP contribution in [0.15, 0.2) is 59.5 Å². The van der Waals surface area contributed by atoms with Gasteiger partial charge in [0, 0.05) is 24.5 Å². The molecule has 0 bridgehead atoms. The van der Waals surface area contributed by atoms with E-state index in [9.17, 15) is 14.4 Å². The number of benzene rings is 2. The first-order chi connectivity index (χ1) is 17.0. The molecule has 3 N–H and O–H groups in total. The Labute approximate surface area is 202 Å². The smallest absolute Gasteiger partial charge is 0.259 e. The van der Waals surface area contributed by atoms with Gasteiger partial charge in [0.15, 0.2) is 0 Å². The lowest BCUT2D eigenvalue weighted by Crippen LogP contribution is -2.43. The lowest BCUT2D eigenvalue weighted by Gasteiger charge is -2.20. The standard InChI is InChI=1S/C26H28N6O3/c1-2-8-21(26(35)28-17-9-7-10-18(15-17)31-13-5-6-14-31)29-25(34)20-16-27-32-22-12-4-3-11-19(22)24(33)30-23(20)32/h3-4,7,9-12,15-16,21H,2,5-6,8,13-14H2,1H3,(H,28,35)(H,29,34)(H,30,33). The van der Waals surface area contributed by atoms with Crippen molar-refractivity contribution in [1.82, 2.24) is 19.9 Å². The molecule has 0 radical (unpaired) electrons. The van der Waals surface area contributed by atoms with E-state index in [1.165, 1.54) is 23.6 Å². The monoisotopic (exact) mass is 472 g/mol. The lowest BCUT2D eigenvalue weighted by molar-refractivity contribution is -0.118. The highest BCUT2D eigenvalue weighted by molar-refractivity contribution is 6.04. The van der Waals surface area contributed by atoms with Crippen molar-refractivity contribution in [1.29, 1.82) is 0 Å². The molecule has 3 heterocycles. The second-order valence-corrected chi connectivity index (χ2v) is 8.84. The summed E-state index contributed by atoms with van der Waals surface area (Å²) in [6.45, 7) is 3.99. The van der Waals surface area contributed by atoms with E-state index in [0.29, 0.717) is 35.1 Å². The number of carbonyl (C=O) groups excluding carboxylic acids is 2. The van der Waals surface area contributed by atoms with Crippen molar-refractivity contribution in [3.05, 3.63) is 70.6 Å². The van der Waals surface area contributed by atoms with Gasteiger partial charge in [0.05, 0.1) is 17.1 Å². The highest BCUT2D eigenvalue weighted by atomic mass is 16.2. The summed E-state index contributed by atoms with van der Waals surface area (Å²) in [7, 11) is 0. The van der Waals surface area contributed by atoms with Crippen LogP contribution in [0.1, 0.15) is 43.0 Å². The van der Waals surface area contributed by atoms with Crippen LogP contribution in [0.3, 0.4) is 0 Å². The number of para-hydroxylation sites is 1. The van der Waals surface area contributed by atoms with Crippen molar-refractivity contribution >= 4 is 39.7 Å². The molecule has 9 nitrogen and oxygen atoms in total. The molecule has 1 unspecified atom stereocenters. The van der Waals surface area contributed by atoms with Crippen LogP contribution in [0.4, 0.5) is 11.4 Å². The van der Waals surface area contributed by atoms with Gasteiger partial charge in [-0.25, -0.2) is 4.52 Å². The Balaban J connectivity index is 1.36. The van der Waals surface area contributed by atoms with Crippen molar-refractivity contribution in [3.8, 4) is 0 Å². The summed E-state index contributed by atoms with van der Waals surface area (Å²) < 4.78 is 1.53. The Kier molecular flexibility index (Phi) is 6.22. The molecule has 1 aliphatic rings. The number of aromatic nitrogens is 3. The van der Waals surface area contributed by atoms with Gasteiger partial charge in [-0.3, -0.25) is 14.4 Å². The zero-order valence-electron chi connectivity index (χ0n) is 19.6. The zero-order valence-corrected chi connectivity index (χ0v) is 19.6. The third kappa shape index (κ3) is 4.49. The number of anilines is 2. The Hall–Kier alpha value is -4.14. The van der Waals surface area contributed by atoms with Crippen LogP contribution in [0.2, 0.25) is 0 Å². The van der Waals surface area contributed by atoms with Gasteiger partial charge in [-0.05, 0) is 49.6 Å². The van der Waals surface area contributed by atoms with Crippen LogP contribution in [-0.2, 0) is 4.79 Å². The third-order valence-electron chi connectivity index (χ3n) is 6.41. The van der Waals surface area contributed by atoms with E-state index in [2.05, 4.69) is 25.6 Å². The third-order valence-corrected chi connectivity index (χ3v) is 6.41. The van der Waals surface area contributed by atoms with Crippen LogP contribution in [0.25, 0.3) is 16.6 Å². The largest absolute Gasteiger partial charge is 0.371 e. The fourth-order valence-corrected chi connectivity index (χ4v) is 4.62. The molecule has 9 heteroatoms. The summed E-state index contributed by atoms with van der Waals surface area (Å²) in [6.07, 6.45) is 4.94. The number of rotatable bonds is 7. The van der Waals surface area contributed by atoms with Gasteiger partial charge in [-0.2, -0.15) is 5.10 Å². The number of carbonyl (C=O) groups is 2. The maximum Gasteiger partial charge on any atom is 0.259 e. The quantitative estimate of drug-likeness (QED) is 0.382. The summed E-state index contributed by atoms with van der Waals surface area (Å²) in [5.74, 6) is -0.750. The van der Waals surface area contributed by atoms with Crippen molar-refractivity contribution in [2.75, 3.05) is 23.3 Å². The van der Waals surface area contributed by atoms with Gasteiger partial charge in [0.25, 0.3) is 11.5 Å². The molecule has 1 aliphatic heterocycles. The Morgan fingerprint density at radius 1 is 1.11 bits per heavy atom. The van der Waals surface area contributed by atoms with E-state index < -0.39 is 11.9 Å². The van der Waals surface area contributed by atoms with Crippen LogP contribution in [0.5, 0.6) is 0 Å². The molecule has 1 atom stereocenters. The minimum absolute atomic E-state index is 0.206. The van der Waals surface area contributed by atoms with E-state index in [1.807, 2.05) is 37.3 Å². The summed E-state index contributed by atoms with van der Waals surface area (Å²) in [4.78, 5) is 43.9. The van der Waals surface area contributed by atoms with Crippen LogP contribution < -0.4 is 21.1 Å². The molecule has 0 spiro atoms. The number of hydrogen-bond donors (Lipinski definition) is 3. The first-order valence-electron chi connectivity index (χ1n) is 12.0. The van der Waals surface area contributed by atoms with E-state index in [1.54, 1.807) is 18.2 Å². The molecule has 4 aromatic rings. The molecule has 0 saturated carbocycles. The van der Waals surface area contributed by atoms with Gasteiger partial charge in [-0.1, -0.05) is 31.5 Å². The molecule has 0 aliphatic carbocycles. The number of fused-ring (bicyclic) bond motifs is 3. The summed E-state index contributed by atoms with van der Waals surface area (Å²) in [6, 6.07) is 14.1. The second kappa shape index (κ2) is 9.61. The summed E-state index contributed by atoms with van der Waals surface area (Å²) in [5, 5.41) is 10.6. The van der Waals surface area contributed by atoms with E-state index in [4.69, 9.17) is 0 Å². The molecule has 5 rings (SSSR count). The number of amides is 2. The maximum atomic E-state index is 13.2. The van der Waals surface area contributed by atoms with Gasteiger partial charge >= 0.3 is 0 Å². The Morgan fingerprint density at radius 2 is 1.91 bits per heavy atom. The number of nitrogens with zero attached hydrogens (tertiary/aromatic N) is 3. The van der Waals surface area contributed by atoms with Crippen molar-refractivity contribution in [3.63, 3.8) is 0 Å². The minimum Gasteiger partial charge on any atom is -0.371 e. The summed E-state index contributed by atoms with van der Waals surface area (Å²) in [5.41, 5.74) is 2.58. The summed E-state index contributed by atoms with van der Waals surface area (Å²) >= 11 is 0. The first kappa shape index (κ1) is 22.6. The molecule has 1 fully saturated rings. The maximum absolute atomic E-state index is 13.2. The Bertz CT molecular complexity index is 1450. The fourth-order valence-electron chi connectivity index (χ4n) is 4.62. The van der Waals surface area contributed by atoms with E-state index in [0.717, 1.165) is 18.8 Å². The zero-order chi connectivity index (χ0) is 24.4. The second-order valence-electron chi connectivity index (χ2n) is 8.84. The van der Waals surface area contributed by atoms with E-state index >= 15 is 0 Å². The number of hydrogen-bond acceptors (Lipinski definition) is 5. The molecular weight excluding hydrogens is 444 g/mol. The van der Waals surface area contributed by atoms with E-state index in [-0.39, 0.29) is 17.0 Å². The molecule has 1 saturated heterocycles. The molecule has 2 amide bonds. The van der Waals surface area contributed by atoms with Crippen LogP contribution in [-0.4, -0.2) is 45.5 Å². The van der Waals surface area contributed by atoms with Crippen molar-refractivity contribution in [2.24, 2.45) is 0 Å². The lowest BCUT2D eigenvalue weighted by atomic mass is 10.1. The molecule has 180 valence electrons. The molecular formula is C26H28N6O3.